The molecule has 1 saturated carbocycles. The van der Waals surface area contributed by atoms with Crippen molar-refractivity contribution in [3.63, 3.8) is 0 Å². The number of nitrogens with zero attached hydrogens (tertiary/aromatic N) is 2. The zero-order valence-corrected chi connectivity index (χ0v) is 10.9. The highest BCUT2D eigenvalue weighted by molar-refractivity contribution is 9.10. The molecule has 15 heavy (non-hydrogen) atoms. The molecule has 2 heterocycles. The fourth-order valence-corrected chi connectivity index (χ4v) is 3.72. The van der Waals surface area contributed by atoms with Gasteiger partial charge in [0.2, 0.25) is 0 Å². The molecule has 82 valence electrons. The van der Waals surface area contributed by atoms with E-state index < -0.39 is 0 Å². The number of hydrogen-bond acceptors (Lipinski definition) is 1. The first-order valence-electron chi connectivity index (χ1n) is 5.61. The summed E-state index contributed by atoms with van der Waals surface area (Å²) < 4.78 is 3.23. The van der Waals surface area contributed by atoms with Crippen LogP contribution < -0.4 is 0 Å². The van der Waals surface area contributed by atoms with Crippen molar-refractivity contribution in [2.45, 2.75) is 45.1 Å². The fraction of sp³-hybridized carbons (Fsp3) is 0.727. The Kier molecular flexibility index (Phi) is 2.36. The molecule has 0 bridgehead atoms. The van der Waals surface area contributed by atoms with E-state index in [1.807, 2.05) is 0 Å². The highest BCUT2D eigenvalue weighted by atomic mass is 79.9. The summed E-state index contributed by atoms with van der Waals surface area (Å²) in [7, 11) is 0. The summed E-state index contributed by atoms with van der Waals surface area (Å²) in [5.41, 5.74) is 0.508. The minimum Gasteiger partial charge on any atom is -0.321 e. The van der Waals surface area contributed by atoms with Crippen molar-refractivity contribution in [1.29, 1.82) is 0 Å². The Labute approximate surface area is 103 Å². The van der Waals surface area contributed by atoms with Crippen LogP contribution in [-0.4, -0.2) is 9.55 Å². The molecule has 0 amide bonds. The first kappa shape index (κ1) is 10.2. The maximum absolute atomic E-state index is 6.00. The maximum atomic E-state index is 6.00. The smallest absolute Gasteiger partial charge is 0.161 e. The topological polar surface area (TPSA) is 17.8 Å². The minimum atomic E-state index is 0.508. The average Bonchev–Trinajstić information content (AvgIpc) is 2.67. The first-order valence-corrected chi connectivity index (χ1v) is 6.78. The first-order chi connectivity index (χ1) is 7.20. The van der Waals surface area contributed by atoms with E-state index in [0.29, 0.717) is 10.6 Å². The number of aromatic nitrogens is 2. The van der Waals surface area contributed by atoms with E-state index in [9.17, 15) is 0 Å². The van der Waals surface area contributed by atoms with Crippen LogP contribution >= 0.6 is 27.5 Å². The molecular formula is C11H14BrClN2. The summed E-state index contributed by atoms with van der Waals surface area (Å²) in [6.45, 7) is 1.11. The third kappa shape index (κ3) is 1.55. The quantitative estimate of drug-likeness (QED) is 0.710. The zero-order chi connectivity index (χ0) is 10.5. The van der Waals surface area contributed by atoms with Crippen LogP contribution in [0.2, 0.25) is 5.15 Å². The van der Waals surface area contributed by atoms with Gasteiger partial charge in [-0.2, -0.15) is 0 Å². The lowest BCUT2D eigenvalue weighted by molar-refractivity contribution is 0.185. The van der Waals surface area contributed by atoms with Gasteiger partial charge >= 0.3 is 0 Å². The van der Waals surface area contributed by atoms with Gasteiger partial charge < -0.3 is 4.57 Å². The molecule has 0 N–H and O–H groups in total. The molecule has 0 aromatic carbocycles. The number of halogens is 2. The van der Waals surface area contributed by atoms with Crippen LogP contribution in [-0.2, 0) is 13.0 Å². The lowest BCUT2D eigenvalue weighted by Crippen LogP contribution is -2.25. The molecule has 1 aliphatic heterocycles. The predicted octanol–water partition coefficient (Wildman–Crippen LogP) is 3.81. The average molecular weight is 290 g/mol. The Hall–Kier alpha value is -0.0200. The number of hydrogen-bond donors (Lipinski definition) is 0. The third-order valence-electron chi connectivity index (χ3n) is 3.89. The number of rotatable bonds is 0. The van der Waals surface area contributed by atoms with Crippen molar-refractivity contribution in [3.8, 4) is 0 Å². The van der Waals surface area contributed by atoms with Crippen LogP contribution in [0.1, 0.15) is 37.9 Å². The number of imidazole rings is 1. The van der Waals surface area contributed by atoms with E-state index in [1.165, 1.54) is 37.9 Å². The van der Waals surface area contributed by atoms with Crippen LogP contribution in [0.15, 0.2) is 4.60 Å². The van der Waals surface area contributed by atoms with Crippen molar-refractivity contribution in [2.75, 3.05) is 0 Å². The maximum Gasteiger partial charge on any atom is 0.161 e. The Morgan fingerprint density at radius 1 is 1.27 bits per heavy atom. The molecule has 0 unspecified atom stereocenters. The van der Waals surface area contributed by atoms with Gasteiger partial charge in [0.15, 0.2) is 5.15 Å². The van der Waals surface area contributed by atoms with Crippen LogP contribution in [0.3, 0.4) is 0 Å². The minimum absolute atomic E-state index is 0.508. The molecule has 0 atom stereocenters. The van der Waals surface area contributed by atoms with Gasteiger partial charge in [-0.15, -0.1) is 0 Å². The largest absolute Gasteiger partial charge is 0.321 e. The standard InChI is InChI=1S/C11H14BrClN2/c12-9-10(13)14-8-6-11(7-15(8)9)4-2-1-3-5-11/h1-7H2. The molecule has 1 aromatic rings. The van der Waals surface area contributed by atoms with Crippen molar-refractivity contribution in [1.82, 2.24) is 9.55 Å². The second-order valence-corrected chi connectivity index (χ2v) is 6.04. The lowest BCUT2D eigenvalue weighted by atomic mass is 9.73. The zero-order valence-electron chi connectivity index (χ0n) is 8.60. The summed E-state index contributed by atoms with van der Waals surface area (Å²) in [6, 6.07) is 0. The molecule has 2 aliphatic rings. The van der Waals surface area contributed by atoms with E-state index in [-0.39, 0.29) is 0 Å². The van der Waals surface area contributed by atoms with Gasteiger partial charge in [-0.1, -0.05) is 30.9 Å². The second-order valence-electron chi connectivity index (χ2n) is 4.93. The van der Waals surface area contributed by atoms with E-state index >= 15 is 0 Å². The predicted molar refractivity (Wildman–Crippen MR) is 64.2 cm³/mol. The molecule has 4 heteroatoms. The Morgan fingerprint density at radius 2 is 2.00 bits per heavy atom. The van der Waals surface area contributed by atoms with Crippen LogP contribution in [0.25, 0.3) is 0 Å². The van der Waals surface area contributed by atoms with E-state index in [1.54, 1.807) is 0 Å². The molecule has 0 saturated heterocycles. The van der Waals surface area contributed by atoms with Gasteiger partial charge in [0.05, 0.1) is 0 Å². The second kappa shape index (κ2) is 3.49. The van der Waals surface area contributed by atoms with Gasteiger partial charge in [-0.3, -0.25) is 0 Å². The van der Waals surface area contributed by atoms with Crippen LogP contribution in [0.5, 0.6) is 0 Å². The van der Waals surface area contributed by atoms with Gasteiger partial charge in [0.1, 0.15) is 10.4 Å². The monoisotopic (exact) mass is 288 g/mol. The molecular weight excluding hydrogens is 275 g/mol. The SMILES string of the molecule is Clc1nc2n(c1Br)CC1(CCCCC1)C2. The molecule has 2 nitrogen and oxygen atoms in total. The van der Waals surface area contributed by atoms with E-state index in [4.69, 9.17) is 11.6 Å². The molecule has 1 spiro atoms. The fourth-order valence-electron chi connectivity index (χ4n) is 3.10. The Morgan fingerprint density at radius 3 is 2.67 bits per heavy atom. The third-order valence-corrected chi connectivity index (χ3v) is 5.18. The summed E-state index contributed by atoms with van der Waals surface area (Å²) in [4.78, 5) is 4.42. The summed E-state index contributed by atoms with van der Waals surface area (Å²) >= 11 is 9.52. The van der Waals surface area contributed by atoms with Gasteiger partial charge in [-0.25, -0.2) is 4.98 Å². The van der Waals surface area contributed by atoms with Crippen molar-refractivity contribution >= 4 is 27.5 Å². The van der Waals surface area contributed by atoms with Crippen molar-refractivity contribution < 1.29 is 0 Å². The summed E-state index contributed by atoms with van der Waals surface area (Å²) in [5, 5.41) is 0.621. The molecule has 1 fully saturated rings. The Bertz CT molecular complexity index is 394. The number of fused-ring (bicyclic) bond motifs is 1. The molecule has 1 aliphatic carbocycles. The normalized spacial score (nSPS) is 23.3. The molecule has 3 rings (SSSR count). The lowest BCUT2D eigenvalue weighted by Gasteiger charge is -2.32. The van der Waals surface area contributed by atoms with Gasteiger partial charge in [0.25, 0.3) is 0 Å². The summed E-state index contributed by atoms with van der Waals surface area (Å²) in [5.74, 6) is 1.17. The molecule has 0 radical (unpaired) electrons. The van der Waals surface area contributed by atoms with Crippen molar-refractivity contribution in [2.24, 2.45) is 5.41 Å². The van der Waals surface area contributed by atoms with E-state index in [0.717, 1.165) is 17.6 Å². The van der Waals surface area contributed by atoms with Gasteiger partial charge in [-0.05, 0) is 34.2 Å². The van der Waals surface area contributed by atoms with Crippen LogP contribution in [0.4, 0.5) is 0 Å². The van der Waals surface area contributed by atoms with Gasteiger partial charge in [0, 0.05) is 13.0 Å². The molecule has 1 aromatic heterocycles. The highest BCUT2D eigenvalue weighted by Crippen LogP contribution is 2.46. The highest BCUT2D eigenvalue weighted by Gasteiger charge is 2.40. The van der Waals surface area contributed by atoms with E-state index in [2.05, 4.69) is 25.5 Å². The summed E-state index contributed by atoms with van der Waals surface area (Å²) in [6.07, 6.45) is 8.03. The Balaban J connectivity index is 1.91. The van der Waals surface area contributed by atoms with Crippen molar-refractivity contribution in [3.05, 3.63) is 15.6 Å². The van der Waals surface area contributed by atoms with Crippen LogP contribution in [0, 0.1) is 5.41 Å².